The Morgan fingerprint density at radius 3 is 2.37 bits per heavy atom. The highest BCUT2D eigenvalue weighted by Crippen LogP contribution is 2.43. The van der Waals surface area contributed by atoms with E-state index in [1.807, 2.05) is 32.0 Å². The second-order valence-corrected chi connectivity index (χ2v) is 9.66. The van der Waals surface area contributed by atoms with Gasteiger partial charge in [0.1, 0.15) is 23.9 Å². The summed E-state index contributed by atoms with van der Waals surface area (Å²) in [5, 5.41) is 13.4. The Bertz CT molecular complexity index is 1480. The SMILES string of the molecule is CCOc1ccc([C@@H]2/C(=C(\O)c3ccc(OCc4cccc(C)c4)cc3)C(=O)C(=O)N2c2nccs2)cc1. The molecular formula is C30H26N2O5S. The summed E-state index contributed by atoms with van der Waals surface area (Å²) in [6.45, 7) is 4.84. The Kier molecular flexibility index (Phi) is 7.24. The van der Waals surface area contributed by atoms with Crippen LogP contribution in [0.15, 0.2) is 89.9 Å². The highest BCUT2D eigenvalue weighted by atomic mass is 32.1. The van der Waals surface area contributed by atoms with Crippen molar-refractivity contribution in [3.8, 4) is 11.5 Å². The van der Waals surface area contributed by atoms with Crippen molar-refractivity contribution in [1.82, 2.24) is 4.98 Å². The number of carbonyl (C=O) groups excluding carboxylic acids is 2. The zero-order valence-corrected chi connectivity index (χ0v) is 21.8. The molecule has 2 heterocycles. The van der Waals surface area contributed by atoms with Gasteiger partial charge in [-0.05, 0) is 61.4 Å². The lowest BCUT2D eigenvalue weighted by atomic mass is 9.95. The molecule has 7 nitrogen and oxygen atoms in total. The smallest absolute Gasteiger partial charge is 0.301 e. The van der Waals surface area contributed by atoms with Gasteiger partial charge in [0, 0.05) is 17.1 Å². The maximum Gasteiger partial charge on any atom is 0.301 e. The van der Waals surface area contributed by atoms with Crippen molar-refractivity contribution in [3.63, 3.8) is 0 Å². The molecule has 5 rings (SSSR count). The first-order valence-electron chi connectivity index (χ1n) is 12.2. The van der Waals surface area contributed by atoms with Gasteiger partial charge in [0.2, 0.25) is 0 Å². The lowest BCUT2D eigenvalue weighted by molar-refractivity contribution is -0.132. The summed E-state index contributed by atoms with van der Waals surface area (Å²) in [4.78, 5) is 32.0. The second kappa shape index (κ2) is 10.9. The standard InChI is InChI=1S/C30H26N2O5S/c1-3-36-23-11-7-21(8-12-23)26-25(28(34)29(35)32(26)30-31-15-16-38-30)27(33)22-9-13-24(14-10-22)37-18-20-6-4-5-19(2)17-20/h4-17,26,33H,3,18H2,1-2H3/b27-25+/t26-/m1/s1. The van der Waals surface area contributed by atoms with Gasteiger partial charge in [0.25, 0.3) is 5.78 Å². The Morgan fingerprint density at radius 2 is 1.71 bits per heavy atom. The summed E-state index contributed by atoms with van der Waals surface area (Å²) in [5.41, 5.74) is 3.27. The monoisotopic (exact) mass is 526 g/mol. The number of Topliss-reactive ketones (excluding diaryl/α,β-unsaturated/α-hetero) is 1. The van der Waals surface area contributed by atoms with Gasteiger partial charge in [-0.3, -0.25) is 14.5 Å². The van der Waals surface area contributed by atoms with Gasteiger partial charge in [-0.25, -0.2) is 4.98 Å². The van der Waals surface area contributed by atoms with E-state index in [2.05, 4.69) is 11.1 Å². The summed E-state index contributed by atoms with van der Waals surface area (Å²) in [7, 11) is 0. The summed E-state index contributed by atoms with van der Waals surface area (Å²) in [6.07, 6.45) is 1.57. The topological polar surface area (TPSA) is 89.0 Å². The van der Waals surface area contributed by atoms with Crippen LogP contribution in [0.1, 0.15) is 35.2 Å². The Morgan fingerprint density at radius 1 is 1.00 bits per heavy atom. The van der Waals surface area contributed by atoms with E-state index in [0.717, 1.165) is 11.1 Å². The molecular weight excluding hydrogens is 500 g/mol. The molecule has 0 bridgehead atoms. The van der Waals surface area contributed by atoms with E-state index in [1.54, 1.807) is 60.1 Å². The van der Waals surface area contributed by atoms with Crippen molar-refractivity contribution in [1.29, 1.82) is 0 Å². The molecule has 1 saturated heterocycles. The maximum atomic E-state index is 13.3. The Labute approximate surface area is 224 Å². The van der Waals surface area contributed by atoms with E-state index in [9.17, 15) is 14.7 Å². The molecule has 0 aliphatic carbocycles. The van der Waals surface area contributed by atoms with Crippen LogP contribution >= 0.6 is 11.3 Å². The maximum absolute atomic E-state index is 13.3. The Balaban J connectivity index is 1.48. The van der Waals surface area contributed by atoms with Gasteiger partial charge in [0.15, 0.2) is 5.13 Å². The molecule has 1 atom stereocenters. The van der Waals surface area contributed by atoms with Gasteiger partial charge in [-0.15, -0.1) is 11.3 Å². The van der Waals surface area contributed by atoms with Crippen molar-refractivity contribution in [2.24, 2.45) is 0 Å². The number of aryl methyl sites for hydroxylation is 1. The average molecular weight is 527 g/mol. The quantitative estimate of drug-likeness (QED) is 0.171. The number of aliphatic hydroxyl groups excluding tert-OH is 1. The van der Waals surface area contributed by atoms with Crippen LogP contribution in [-0.2, 0) is 16.2 Å². The lowest BCUT2D eigenvalue weighted by Gasteiger charge is -2.23. The number of thiazole rings is 1. The number of aliphatic hydroxyl groups is 1. The van der Waals surface area contributed by atoms with Crippen LogP contribution in [0, 0.1) is 6.92 Å². The van der Waals surface area contributed by atoms with Crippen LogP contribution in [0.4, 0.5) is 5.13 Å². The number of nitrogens with zero attached hydrogens (tertiary/aromatic N) is 2. The first-order chi connectivity index (χ1) is 18.5. The molecule has 0 spiro atoms. The number of ketones is 1. The minimum absolute atomic E-state index is 0.00258. The lowest BCUT2D eigenvalue weighted by Crippen LogP contribution is -2.29. The fourth-order valence-corrected chi connectivity index (χ4v) is 5.09. The molecule has 4 aromatic rings. The number of rotatable bonds is 8. The van der Waals surface area contributed by atoms with Crippen LogP contribution < -0.4 is 14.4 Å². The number of anilines is 1. The van der Waals surface area contributed by atoms with Crippen LogP contribution in [-0.4, -0.2) is 28.4 Å². The summed E-state index contributed by atoms with van der Waals surface area (Å²) >= 11 is 1.25. The molecule has 1 fully saturated rings. The van der Waals surface area contributed by atoms with Gasteiger partial charge in [-0.1, -0.05) is 42.0 Å². The molecule has 1 aliphatic rings. The van der Waals surface area contributed by atoms with Crippen molar-refractivity contribution in [2.75, 3.05) is 11.5 Å². The highest BCUT2D eigenvalue weighted by molar-refractivity contribution is 7.14. The Hall–Kier alpha value is -4.43. The van der Waals surface area contributed by atoms with E-state index >= 15 is 0 Å². The predicted molar refractivity (Wildman–Crippen MR) is 146 cm³/mol. The molecule has 1 aliphatic heterocycles. The minimum Gasteiger partial charge on any atom is -0.507 e. The van der Waals surface area contributed by atoms with E-state index < -0.39 is 17.7 Å². The normalized spacial score (nSPS) is 16.6. The zero-order valence-electron chi connectivity index (χ0n) is 21.0. The zero-order chi connectivity index (χ0) is 26.6. The molecule has 0 unspecified atom stereocenters. The van der Waals surface area contributed by atoms with Crippen molar-refractivity contribution in [3.05, 3.63) is 112 Å². The van der Waals surface area contributed by atoms with E-state index in [0.29, 0.717) is 41.0 Å². The van der Waals surface area contributed by atoms with Crippen LogP contribution in [0.25, 0.3) is 5.76 Å². The molecule has 0 radical (unpaired) electrons. The van der Waals surface area contributed by atoms with Crippen LogP contribution in [0.3, 0.4) is 0 Å². The average Bonchev–Trinajstić information content (AvgIpc) is 3.55. The van der Waals surface area contributed by atoms with Crippen molar-refractivity contribution >= 4 is 33.9 Å². The molecule has 3 aromatic carbocycles. The minimum atomic E-state index is -0.839. The fraction of sp³-hybridized carbons (Fsp3) is 0.167. The van der Waals surface area contributed by atoms with Gasteiger partial charge < -0.3 is 14.6 Å². The molecule has 192 valence electrons. The number of hydrogen-bond donors (Lipinski definition) is 1. The largest absolute Gasteiger partial charge is 0.507 e. The van der Waals surface area contributed by atoms with E-state index in [-0.39, 0.29) is 11.3 Å². The fourth-order valence-electron chi connectivity index (χ4n) is 4.43. The molecule has 1 aromatic heterocycles. The van der Waals surface area contributed by atoms with Crippen molar-refractivity contribution < 1.29 is 24.2 Å². The number of hydrogen-bond acceptors (Lipinski definition) is 7. The van der Waals surface area contributed by atoms with Crippen LogP contribution in [0.2, 0.25) is 0 Å². The molecule has 0 saturated carbocycles. The van der Waals surface area contributed by atoms with Gasteiger partial charge in [-0.2, -0.15) is 0 Å². The third kappa shape index (κ3) is 5.03. The molecule has 8 heteroatoms. The number of aromatic nitrogens is 1. The molecule has 1 amide bonds. The highest BCUT2D eigenvalue weighted by Gasteiger charge is 2.48. The van der Waals surface area contributed by atoms with E-state index in [1.165, 1.54) is 16.2 Å². The summed E-state index contributed by atoms with van der Waals surface area (Å²) in [5.74, 6) is -0.473. The first kappa shape index (κ1) is 25.2. The van der Waals surface area contributed by atoms with Gasteiger partial charge >= 0.3 is 5.91 Å². The number of amides is 1. The summed E-state index contributed by atoms with van der Waals surface area (Å²) < 4.78 is 11.4. The number of ether oxygens (including phenoxy) is 2. The predicted octanol–water partition coefficient (Wildman–Crippen LogP) is 6.06. The van der Waals surface area contributed by atoms with Crippen molar-refractivity contribution in [2.45, 2.75) is 26.5 Å². The number of carbonyl (C=O) groups is 2. The van der Waals surface area contributed by atoms with E-state index in [4.69, 9.17) is 9.47 Å². The third-order valence-electron chi connectivity index (χ3n) is 6.19. The number of benzene rings is 3. The molecule has 1 N–H and O–H groups in total. The first-order valence-corrected chi connectivity index (χ1v) is 13.1. The van der Waals surface area contributed by atoms with Gasteiger partial charge in [0.05, 0.1) is 18.2 Å². The third-order valence-corrected chi connectivity index (χ3v) is 6.96. The molecule has 38 heavy (non-hydrogen) atoms. The second-order valence-electron chi connectivity index (χ2n) is 8.79. The summed E-state index contributed by atoms with van der Waals surface area (Å²) in [6, 6.07) is 21.2. The van der Waals surface area contributed by atoms with Crippen LogP contribution in [0.5, 0.6) is 11.5 Å².